The third-order valence-electron chi connectivity index (χ3n) is 3.89. The summed E-state index contributed by atoms with van der Waals surface area (Å²) in [4.78, 5) is 12.6. The van der Waals surface area contributed by atoms with Crippen LogP contribution in [0.25, 0.3) is 10.9 Å². The van der Waals surface area contributed by atoms with E-state index in [-0.39, 0.29) is 11.2 Å². The molecule has 0 spiro atoms. The summed E-state index contributed by atoms with van der Waals surface area (Å²) in [6.07, 6.45) is 2.82. The Balaban J connectivity index is 2.63. The fourth-order valence-electron chi connectivity index (χ4n) is 2.20. The zero-order valence-corrected chi connectivity index (χ0v) is 11.9. The smallest absolute Gasteiger partial charge is 0.170 e. The Morgan fingerprint density at radius 1 is 1.33 bits per heavy atom. The molecule has 1 heterocycles. The molecule has 0 unspecified atom stereocenters. The van der Waals surface area contributed by atoms with Crippen molar-refractivity contribution in [3.8, 4) is 0 Å². The first-order chi connectivity index (χ1) is 8.36. The summed E-state index contributed by atoms with van der Waals surface area (Å²) in [5.41, 5.74) is 2.90. The van der Waals surface area contributed by atoms with Crippen LogP contribution < -0.4 is 0 Å². The van der Waals surface area contributed by atoms with Gasteiger partial charge in [0.2, 0.25) is 0 Å². The van der Waals surface area contributed by atoms with Crippen LogP contribution in [0.3, 0.4) is 0 Å². The molecule has 0 amide bonds. The van der Waals surface area contributed by atoms with E-state index in [2.05, 4.69) is 32.0 Å². The lowest BCUT2D eigenvalue weighted by Gasteiger charge is -2.20. The Morgan fingerprint density at radius 3 is 2.61 bits per heavy atom. The zero-order valence-electron chi connectivity index (χ0n) is 11.9. The zero-order chi connectivity index (χ0) is 13.5. The number of ketones is 1. The fourth-order valence-corrected chi connectivity index (χ4v) is 2.20. The van der Waals surface area contributed by atoms with E-state index in [0.717, 1.165) is 22.9 Å². The van der Waals surface area contributed by atoms with Crippen LogP contribution in [0.4, 0.5) is 0 Å². The average molecular weight is 243 g/mol. The van der Waals surface area contributed by atoms with Gasteiger partial charge in [0, 0.05) is 35.1 Å². The Bertz CT molecular complexity index is 605. The van der Waals surface area contributed by atoms with Crippen LogP contribution in [0.1, 0.15) is 43.1 Å². The quantitative estimate of drug-likeness (QED) is 0.744. The summed E-state index contributed by atoms with van der Waals surface area (Å²) < 4.78 is 2.04. The van der Waals surface area contributed by atoms with E-state index in [1.54, 1.807) is 0 Å². The molecule has 0 bridgehead atoms. The van der Waals surface area contributed by atoms with Crippen LogP contribution in [0.5, 0.6) is 0 Å². The van der Waals surface area contributed by atoms with Gasteiger partial charge in [-0.2, -0.15) is 0 Å². The summed E-state index contributed by atoms with van der Waals surface area (Å²) in [7, 11) is 2.00. The minimum absolute atomic E-state index is 0.236. The lowest BCUT2D eigenvalue weighted by atomic mass is 9.82. The second kappa shape index (κ2) is 4.27. The molecular formula is C16H21NO. The SMILES string of the molecule is CCC(C)(C)C(=O)c1cn(C)c2cc(C)ccc12. The van der Waals surface area contributed by atoms with Crippen LogP contribution in [-0.4, -0.2) is 10.4 Å². The molecule has 0 N–H and O–H groups in total. The summed E-state index contributed by atoms with van der Waals surface area (Å²) in [6.45, 7) is 8.17. The summed E-state index contributed by atoms with van der Waals surface area (Å²) in [6, 6.07) is 6.26. The predicted octanol–water partition coefficient (Wildman–Crippen LogP) is 4.11. The van der Waals surface area contributed by atoms with Crippen molar-refractivity contribution >= 4 is 16.7 Å². The molecule has 1 aromatic heterocycles. The van der Waals surface area contributed by atoms with Crippen molar-refractivity contribution in [2.75, 3.05) is 0 Å². The number of aromatic nitrogens is 1. The Morgan fingerprint density at radius 2 is 2.00 bits per heavy atom. The van der Waals surface area contributed by atoms with Crippen LogP contribution in [0.2, 0.25) is 0 Å². The van der Waals surface area contributed by atoms with E-state index in [4.69, 9.17) is 0 Å². The topological polar surface area (TPSA) is 22.0 Å². The highest BCUT2D eigenvalue weighted by Crippen LogP contribution is 2.30. The van der Waals surface area contributed by atoms with Gasteiger partial charge in [-0.3, -0.25) is 4.79 Å². The van der Waals surface area contributed by atoms with Gasteiger partial charge in [0.15, 0.2) is 5.78 Å². The van der Waals surface area contributed by atoms with Gasteiger partial charge in [0.25, 0.3) is 0 Å². The molecule has 0 radical (unpaired) electrons. The first kappa shape index (κ1) is 12.9. The third kappa shape index (κ3) is 1.96. The van der Waals surface area contributed by atoms with Crippen molar-refractivity contribution in [2.45, 2.75) is 34.1 Å². The molecule has 2 aromatic rings. The number of benzene rings is 1. The molecular weight excluding hydrogens is 222 g/mol. The highest BCUT2D eigenvalue weighted by Gasteiger charge is 2.28. The van der Waals surface area contributed by atoms with Gasteiger partial charge in [-0.25, -0.2) is 0 Å². The van der Waals surface area contributed by atoms with E-state index < -0.39 is 0 Å². The van der Waals surface area contributed by atoms with E-state index in [1.807, 2.05) is 31.7 Å². The number of Topliss-reactive ketones (excluding diaryl/α,β-unsaturated/α-hetero) is 1. The lowest BCUT2D eigenvalue weighted by molar-refractivity contribution is 0.0834. The number of aryl methyl sites for hydroxylation is 2. The van der Waals surface area contributed by atoms with Crippen molar-refractivity contribution < 1.29 is 4.79 Å². The standard InChI is InChI=1S/C16H21NO/c1-6-16(3,4)15(18)13-10-17(5)14-9-11(2)7-8-12(13)14/h7-10H,6H2,1-5H3. The minimum atomic E-state index is -0.292. The first-order valence-electron chi connectivity index (χ1n) is 6.47. The Labute approximate surface area is 109 Å². The summed E-state index contributed by atoms with van der Waals surface area (Å²) in [5, 5.41) is 1.06. The Kier molecular flexibility index (Phi) is 3.05. The summed E-state index contributed by atoms with van der Waals surface area (Å²) >= 11 is 0. The number of hydrogen-bond donors (Lipinski definition) is 0. The molecule has 2 rings (SSSR count). The number of rotatable bonds is 3. The predicted molar refractivity (Wildman–Crippen MR) is 76.1 cm³/mol. The van der Waals surface area contributed by atoms with Crippen LogP contribution in [0, 0.1) is 12.3 Å². The molecule has 0 saturated carbocycles. The average Bonchev–Trinajstić information content (AvgIpc) is 2.65. The second-order valence-electron chi connectivity index (χ2n) is 5.74. The van der Waals surface area contributed by atoms with Gasteiger partial charge in [-0.15, -0.1) is 0 Å². The van der Waals surface area contributed by atoms with Gasteiger partial charge >= 0.3 is 0 Å². The van der Waals surface area contributed by atoms with Crippen molar-refractivity contribution in [1.82, 2.24) is 4.57 Å². The van der Waals surface area contributed by atoms with E-state index >= 15 is 0 Å². The van der Waals surface area contributed by atoms with E-state index in [1.165, 1.54) is 5.56 Å². The van der Waals surface area contributed by atoms with Gasteiger partial charge < -0.3 is 4.57 Å². The number of carbonyl (C=O) groups excluding carboxylic acids is 1. The van der Waals surface area contributed by atoms with Gasteiger partial charge in [0.05, 0.1) is 0 Å². The molecule has 0 atom stereocenters. The van der Waals surface area contributed by atoms with Gasteiger partial charge in [0.1, 0.15) is 0 Å². The molecule has 18 heavy (non-hydrogen) atoms. The van der Waals surface area contributed by atoms with Crippen molar-refractivity contribution in [3.63, 3.8) is 0 Å². The maximum Gasteiger partial charge on any atom is 0.170 e. The molecule has 0 fully saturated rings. The third-order valence-corrected chi connectivity index (χ3v) is 3.89. The van der Waals surface area contributed by atoms with E-state index in [0.29, 0.717) is 0 Å². The highest BCUT2D eigenvalue weighted by atomic mass is 16.1. The Hall–Kier alpha value is -1.57. The van der Waals surface area contributed by atoms with Crippen LogP contribution >= 0.6 is 0 Å². The van der Waals surface area contributed by atoms with E-state index in [9.17, 15) is 4.79 Å². The summed E-state index contributed by atoms with van der Waals surface area (Å²) in [5.74, 6) is 0.236. The first-order valence-corrected chi connectivity index (χ1v) is 6.47. The van der Waals surface area contributed by atoms with Crippen LogP contribution in [0.15, 0.2) is 24.4 Å². The number of nitrogens with zero attached hydrogens (tertiary/aromatic N) is 1. The van der Waals surface area contributed by atoms with Gasteiger partial charge in [-0.05, 0) is 25.0 Å². The molecule has 0 aliphatic heterocycles. The number of carbonyl (C=O) groups is 1. The van der Waals surface area contributed by atoms with Crippen molar-refractivity contribution in [2.24, 2.45) is 12.5 Å². The molecule has 0 aliphatic carbocycles. The van der Waals surface area contributed by atoms with Crippen molar-refractivity contribution in [1.29, 1.82) is 0 Å². The molecule has 0 aliphatic rings. The van der Waals surface area contributed by atoms with Crippen molar-refractivity contribution in [3.05, 3.63) is 35.5 Å². The normalized spacial score (nSPS) is 12.1. The maximum absolute atomic E-state index is 12.6. The number of hydrogen-bond acceptors (Lipinski definition) is 1. The van der Waals surface area contributed by atoms with Gasteiger partial charge in [-0.1, -0.05) is 32.9 Å². The monoisotopic (exact) mass is 243 g/mol. The molecule has 2 nitrogen and oxygen atoms in total. The largest absolute Gasteiger partial charge is 0.350 e. The lowest BCUT2D eigenvalue weighted by Crippen LogP contribution is -2.23. The molecule has 96 valence electrons. The minimum Gasteiger partial charge on any atom is -0.350 e. The van der Waals surface area contributed by atoms with Crippen LogP contribution in [-0.2, 0) is 7.05 Å². The maximum atomic E-state index is 12.6. The molecule has 1 aromatic carbocycles. The molecule has 0 saturated heterocycles. The second-order valence-corrected chi connectivity index (χ2v) is 5.74. The highest BCUT2D eigenvalue weighted by molar-refractivity contribution is 6.10. The number of fused-ring (bicyclic) bond motifs is 1. The molecule has 2 heteroatoms. The fraction of sp³-hybridized carbons (Fsp3) is 0.438.